The van der Waals surface area contributed by atoms with Gasteiger partial charge in [-0.3, -0.25) is 0 Å². The van der Waals surface area contributed by atoms with Crippen molar-refractivity contribution >= 4 is 12.7 Å². The summed E-state index contributed by atoms with van der Waals surface area (Å²) in [5.74, 6) is 0. The molecule has 0 saturated heterocycles. The van der Waals surface area contributed by atoms with Crippen molar-refractivity contribution in [2.24, 2.45) is 5.73 Å². The van der Waals surface area contributed by atoms with Gasteiger partial charge in [0, 0.05) is 0 Å². The van der Waals surface area contributed by atoms with Crippen LogP contribution in [0, 0.1) is 6.92 Å². The Balaban J connectivity index is 3.32. The summed E-state index contributed by atoms with van der Waals surface area (Å²) in [5, 5.41) is 2.15. The lowest BCUT2D eigenvalue weighted by molar-refractivity contribution is 1.41. The van der Waals surface area contributed by atoms with Crippen molar-refractivity contribution in [3.8, 4) is 0 Å². The van der Waals surface area contributed by atoms with Crippen LogP contribution in [0.5, 0.6) is 0 Å². The van der Waals surface area contributed by atoms with E-state index < -0.39 is 0 Å². The number of benzene rings is 1. The van der Waals surface area contributed by atoms with Crippen molar-refractivity contribution in [1.82, 2.24) is 0 Å². The molecule has 0 unspecified atom stereocenters. The highest BCUT2D eigenvalue weighted by molar-refractivity contribution is 5.38. The summed E-state index contributed by atoms with van der Waals surface area (Å²) in [7, 11) is 0. The van der Waals surface area contributed by atoms with Crippen LogP contribution >= 0.6 is 0 Å². The van der Waals surface area contributed by atoms with Gasteiger partial charge in [0.2, 0.25) is 0 Å². The fraction of sp³-hybridized carbons (Fsp3) is 0.0909. The summed E-state index contributed by atoms with van der Waals surface area (Å²) < 4.78 is 0. The molecule has 1 aromatic carbocycles. The highest BCUT2D eigenvalue weighted by Gasteiger charge is 1.82. The molecule has 0 fully saturated rings. The SMILES string of the molecule is C=c1ccc(C)c/c1=C/C=CN. The van der Waals surface area contributed by atoms with Crippen molar-refractivity contribution in [1.29, 1.82) is 0 Å². The van der Waals surface area contributed by atoms with Crippen molar-refractivity contribution in [2.45, 2.75) is 6.92 Å². The molecular weight excluding hydrogens is 146 g/mol. The van der Waals surface area contributed by atoms with Crippen LogP contribution in [-0.4, -0.2) is 0 Å². The molecule has 0 aliphatic carbocycles. The standard InChI is InChI=1S/C11H13N/c1-9-5-6-10(2)11(8-9)4-3-7-12/h3-8H,2,12H2,1H3/b7-3?,11-4-. The molecule has 2 N–H and O–H groups in total. The number of hydrogen-bond donors (Lipinski definition) is 1. The minimum Gasteiger partial charge on any atom is -0.405 e. The molecule has 0 aliphatic rings. The minimum absolute atomic E-state index is 1.03. The van der Waals surface area contributed by atoms with Gasteiger partial charge in [-0.15, -0.1) is 0 Å². The Hall–Kier alpha value is -1.50. The first-order valence-electron chi connectivity index (χ1n) is 3.88. The fourth-order valence-corrected chi connectivity index (χ4v) is 1.03. The van der Waals surface area contributed by atoms with Gasteiger partial charge < -0.3 is 5.73 Å². The Bertz CT molecular complexity index is 388. The Morgan fingerprint density at radius 3 is 2.83 bits per heavy atom. The molecule has 0 saturated carbocycles. The molecule has 1 aromatic rings. The van der Waals surface area contributed by atoms with E-state index in [4.69, 9.17) is 5.73 Å². The zero-order valence-corrected chi connectivity index (χ0v) is 7.25. The van der Waals surface area contributed by atoms with Gasteiger partial charge in [0.25, 0.3) is 0 Å². The molecule has 0 bridgehead atoms. The third kappa shape index (κ3) is 1.99. The monoisotopic (exact) mass is 159 g/mol. The van der Waals surface area contributed by atoms with Gasteiger partial charge in [0.15, 0.2) is 0 Å². The predicted octanol–water partition coefficient (Wildman–Crippen LogP) is 0.658. The largest absolute Gasteiger partial charge is 0.405 e. The second-order valence-electron chi connectivity index (χ2n) is 2.75. The van der Waals surface area contributed by atoms with E-state index >= 15 is 0 Å². The van der Waals surface area contributed by atoms with Crippen LogP contribution in [0.25, 0.3) is 12.7 Å². The van der Waals surface area contributed by atoms with Crippen LogP contribution in [0.15, 0.2) is 30.5 Å². The minimum atomic E-state index is 1.03. The molecule has 1 heteroatoms. The van der Waals surface area contributed by atoms with E-state index in [0.29, 0.717) is 0 Å². The Morgan fingerprint density at radius 2 is 2.17 bits per heavy atom. The fourth-order valence-electron chi connectivity index (χ4n) is 1.03. The maximum atomic E-state index is 5.23. The van der Waals surface area contributed by atoms with Crippen LogP contribution in [-0.2, 0) is 0 Å². The molecule has 62 valence electrons. The molecule has 0 aliphatic heterocycles. The Morgan fingerprint density at radius 1 is 1.42 bits per heavy atom. The van der Waals surface area contributed by atoms with Crippen LogP contribution in [0.3, 0.4) is 0 Å². The van der Waals surface area contributed by atoms with Crippen LogP contribution in [0.2, 0.25) is 0 Å². The topological polar surface area (TPSA) is 26.0 Å². The number of rotatable bonds is 1. The van der Waals surface area contributed by atoms with Crippen LogP contribution in [0.4, 0.5) is 0 Å². The van der Waals surface area contributed by atoms with E-state index in [9.17, 15) is 0 Å². The summed E-state index contributed by atoms with van der Waals surface area (Å²) in [4.78, 5) is 0. The van der Waals surface area contributed by atoms with Crippen LogP contribution in [0.1, 0.15) is 5.56 Å². The van der Waals surface area contributed by atoms with Gasteiger partial charge in [-0.1, -0.05) is 36.4 Å². The summed E-state index contributed by atoms with van der Waals surface area (Å²) in [5.41, 5.74) is 6.47. The molecule has 1 rings (SSSR count). The van der Waals surface area contributed by atoms with Gasteiger partial charge in [-0.05, 0) is 29.6 Å². The van der Waals surface area contributed by atoms with Gasteiger partial charge in [-0.2, -0.15) is 0 Å². The van der Waals surface area contributed by atoms with Crippen molar-refractivity contribution < 1.29 is 0 Å². The normalized spacial score (nSPS) is 12.6. The molecule has 0 heterocycles. The van der Waals surface area contributed by atoms with Crippen LogP contribution < -0.4 is 16.2 Å². The molecule has 0 spiro atoms. The van der Waals surface area contributed by atoms with Crippen molar-refractivity contribution in [3.63, 3.8) is 0 Å². The molecule has 0 atom stereocenters. The third-order valence-corrected chi connectivity index (χ3v) is 1.69. The molecule has 0 amide bonds. The van der Waals surface area contributed by atoms with E-state index in [1.165, 1.54) is 11.8 Å². The quantitative estimate of drug-likeness (QED) is 0.640. The van der Waals surface area contributed by atoms with Gasteiger partial charge >= 0.3 is 0 Å². The maximum Gasteiger partial charge on any atom is -0.00622 e. The second-order valence-corrected chi connectivity index (χ2v) is 2.75. The Labute approximate surface area is 72.5 Å². The first-order valence-corrected chi connectivity index (χ1v) is 3.88. The van der Waals surface area contributed by atoms with E-state index in [1.54, 1.807) is 0 Å². The zero-order valence-electron chi connectivity index (χ0n) is 7.25. The molecule has 0 aromatic heterocycles. The second kappa shape index (κ2) is 3.77. The van der Waals surface area contributed by atoms with Gasteiger partial charge in [0.1, 0.15) is 0 Å². The summed E-state index contributed by atoms with van der Waals surface area (Å²) in [6.45, 7) is 5.97. The lowest BCUT2D eigenvalue weighted by Gasteiger charge is -1.90. The summed E-state index contributed by atoms with van der Waals surface area (Å²) >= 11 is 0. The van der Waals surface area contributed by atoms with E-state index in [-0.39, 0.29) is 0 Å². The lowest BCUT2D eigenvalue weighted by atomic mass is 10.2. The molecular formula is C11H13N. The first kappa shape index (κ1) is 8.60. The highest BCUT2D eigenvalue weighted by Crippen LogP contribution is 1.85. The average Bonchev–Trinajstić information content (AvgIpc) is 2.07. The maximum absolute atomic E-state index is 5.23. The highest BCUT2D eigenvalue weighted by atomic mass is 14.5. The number of allylic oxidation sites excluding steroid dienone is 1. The predicted molar refractivity (Wildman–Crippen MR) is 53.7 cm³/mol. The van der Waals surface area contributed by atoms with E-state index in [1.807, 2.05) is 24.3 Å². The van der Waals surface area contributed by atoms with E-state index in [0.717, 1.165) is 10.4 Å². The smallest absolute Gasteiger partial charge is 0.00622 e. The number of aryl methyl sites for hydroxylation is 1. The lowest BCUT2D eigenvalue weighted by Crippen LogP contribution is -2.22. The first-order chi connectivity index (χ1) is 5.74. The molecule has 1 nitrogen and oxygen atoms in total. The Kier molecular flexibility index (Phi) is 2.70. The molecule has 0 radical (unpaired) electrons. The molecule has 12 heavy (non-hydrogen) atoms. The summed E-state index contributed by atoms with van der Waals surface area (Å²) in [6, 6.07) is 6.14. The van der Waals surface area contributed by atoms with Gasteiger partial charge in [-0.25, -0.2) is 0 Å². The number of nitrogens with two attached hydrogens (primary N) is 1. The van der Waals surface area contributed by atoms with Crippen molar-refractivity contribution in [3.05, 3.63) is 46.5 Å². The van der Waals surface area contributed by atoms with E-state index in [2.05, 4.69) is 19.6 Å². The average molecular weight is 159 g/mol. The van der Waals surface area contributed by atoms with Gasteiger partial charge in [0.05, 0.1) is 0 Å². The number of hydrogen-bond acceptors (Lipinski definition) is 1. The van der Waals surface area contributed by atoms with Crippen molar-refractivity contribution in [2.75, 3.05) is 0 Å². The zero-order chi connectivity index (χ0) is 8.97. The summed E-state index contributed by atoms with van der Waals surface area (Å²) in [6.07, 6.45) is 5.28. The third-order valence-electron chi connectivity index (χ3n) is 1.69.